The molecular formula is C12H14OS. The number of hydrogen-bond acceptors (Lipinski definition) is 2. The lowest BCUT2D eigenvalue weighted by molar-refractivity contribution is 0.415. The molecule has 0 aromatic heterocycles. The Labute approximate surface area is 89.2 Å². The molecule has 0 fully saturated rings. The third-order valence-corrected chi connectivity index (χ3v) is 3.32. The highest BCUT2D eigenvalue weighted by atomic mass is 32.2. The first-order valence-corrected chi connectivity index (χ1v) is 5.97. The molecule has 2 heteroatoms. The van der Waals surface area contributed by atoms with Crippen molar-refractivity contribution >= 4 is 17.3 Å². The summed E-state index contributed by atoms with van der Waals surface area (Å²) in [5.41, 5.74) is 2.82. The van der Waals surface area contributed by atoms with E-state index in [-0.39, 0.29) is 0 Å². The topological polar surface area (TPSA) is 9.23 Å². The van der Waals surface area contributed by atoms with E-state index in [9.17, 15) is 0 Å². The van der Waals surface area contributed by atoms with Crippen molar-refractivity contribution in [2.45, 2.75) is 6.42 Å². The summed E-state index contributed by atoms with van der Waals surface area (Å²) in [6, 6.07) is 8.33. The molecule has 0 radical (unpaired) electrons. The normalized spacial score (nSPS) is 16.2. The van der Waals surface area contributed by atoms with Crippen LogP contribution in [0.1, 0.15) is 12.0 Å². The molecule has 14 heavy (non-hydrogen) atoms. The van der Waals surface area contributed by atoms with E-state index in [2.05, 4.69) is 18.2 Å². The highest BCUT2D eigenvalue weighted by Crippen LogP contribution is 2.26. The fourth-order valence-electron chi connectivity index (χ4n) is 1.59. The summed E-state index contributed by atoms with van der Waals surface area (Å²) in [6.07, 6.45) is 3.52. The first-order chi connectivity index (χ1) is 6.90. The number of benzene rings is 1. The first kappa shape index (κ1) is 9.66. The summed E-state index contributed by atoms with van der Waals surface area (Å²) in [7, 11) is 1.70. The van der Waals surface area contributed by atoms with Crippen LogP contribution in [0.3, 0.4) is 0 Å². The summed E-state index contributed by atoms with van der Waals surface area (Å²) < 4.78 is 5.13. The lowest BCUT2D eigenvalue weighted by Gasteiger charge is -2.12. The molecule has 1 aliphatic rings. The lowest BCUT2D eigenvalue weighted by Crippen LogP contribution is -1.95. The largest absolute Gasteiger partial charge is 0.497 e. The second kappa shape index (κ2) is 4.56. The Morgan fingerprint density at radius 3 is 2.57 bits per heavy atom. The van der Waals surface area contributed by atoms with Gasteiger partial charge in [0.05, 0.1) is 7.11 Å². The van der Waals surface area contributed by atoms with Crippen molar-refractivity contribution in [2.24, 2.45) is 0 Å². The molecule has 0 N–H and O–H groups in total. The third kappa shape index (κ3) is 2.13. The maximum Gasteiger partial charge on any atom is 0.118 e. The van der Waals surface area contributed by atoms with Gasteiger partial charge in [0.1, 0.15) is 5.75 Å². The average Bonchev–Trinajstić information content (AvgIpc) is 2.30. The van der Waals surface area contributed by atoms with Crippen molar-refractivity contribution in [1.82, 2.24) is 0 Å². The molecule has 0 aliphatic carbocycles. The molecule has 0 spiro atoms. The highest BCUT2D eigenvalue weighted by molar-refractivity contribution is 7.99. The van der Waals surface area contributed by atoms with E-state index in [1.165, 1.54) is 23.3 Å². The quantitative estimate of drug-likeness (QED) is 0.734. The Hall–Kier alpha value is -0.890. The van der Waals surface area contributed by atoms with Crippen molar-refractivity contribution in [3.8, 4) is 5.75 Å². The minimum atomic E-state index is 0.930. The monoisotopic (exact) mass is 206 g/mol. The number of hydrogen-bond donors (Lipinski definition) is 0. The maximum atomic E-state index is 5.13. The predicted octanol–water partition coefficient (Wildman–Crippen LogP) is 3.22. The molecule has 1 aromatic rings. The van der Waals surface area contributed by atoms with E-state index in [1.807, 2.05) is 23.9 Å². The van der Waals surface area contributed by atoms with Gasteiger partial charge in [-0.3, -0.25) is 0 Å². The first-order valence-electron chi connectivity index (χ1n) is 4.81. The van der Waals surface area contributed by atoms with Crippen LogP contribution < -0.4 is 4.74 Å². The van der Waals surface area contributed by atoms with Gasteiger partial charge in [-0.1, -0.05) is 18.2 Å². The molecule has 0 bridgehead atoms. The van der Waals surface area contributed by atoms with Crippen LogP contribution in [0.4, 0.5) is 0 Å². The summed E-state index contributed by atoms with van der Waals surface area (Å²) in [6.45, 7) is 0. The second-order valence-corrected chi connectivity index (χ2v) is 4.43. The Balaban J connectivity index is 2.19. The lowest BCUT2D eigenvalue weighted by atomic mass is 10.0. The smallest absolute Gasteiger partial charge is 0.118 e. The Morgan fingerprint density at radius 1 is 1.21 bits per heavy atom. The molecule has 1 nitrogen and oxygen atoms in total. The summed E-state index contributed by atoms with van der Waals surface area (Å²) in [5, 5.41) is 0. The van der Waals surface area contributed by atoms with E-state index in [1.54, 1.807) is 7.11 Å². The van der Waals surface area contributed by atoms with Crippen molar-refractivity contribution in [2.75, 3.05) is 18.6 Å². The molecule has 1 aromatic carbocycles. The van der Waals surface area contributed by atoms with Crippen LogP contribution in [0, 0.1) is 0 Å². The minimum absolute atomic E-state index is 0.930. The molecule has 1 heterocycles. The molecular weight excluding hydrogens is 192 g/mol. The van der Waals surface area contributed by atoms with Gasteiger partial charge in [0.25, 0.3) is 0 Å². The van der Waals surface area contributed by atoms with E-state index in [0.29, 0.717) is 0 Å². The standard InChI is InChI=1S/C12H14OS/c1-13-12-4-2-10(3-5-12)11-6-8-14-9-7-11/h2-6H,7-9H2,1H3. The number of rotatable bonds is 2. The number of ether oxygens (including phenoxy) is 1. The van der Waals surface area contributed by atoms with Gasteiger partial charge >= 0.3 is 0 Å². The average molecular weight is 206 g/mol. The van der Waals surface area contributed by atoms with E-state index >= 15 is 0 Å². The zero-order chi connectivity index (χ0) is 9.80. The van der Waals surface area contributed by atoms with Crippen LogP contribution >= 0.6 is 11.8 Å². The Kier molecular flexibility index (Phi) is 3.14. The molecule has 0 atom stereocenters. The van der Waals surface area contributed by atoms with Gasteiger partial charge in [-0.05, 0) is 35.4 Å². The van der Waals surface area contributed by atoms with Crippen LogP contribution in [-0.4, -0.2) is 18.6 Å². The minimum Gasteiger partial charge on any atom is -0.497 e. The van der Waals surface area contributed by atoms with Gasteiger partial charge in [-0.25, -0.2) is 0 Å². The molecule has 0 saturated carbocycles. The maximum absolute atomic E-state index is 5.13. The zero-order valence-corrected chi connectivity index (χ0v) is 9.14. The van der Waals surface area contributed by atoms with Crippen molar-refractivity contribution in [3.05, 3.63) is 35.9 Å². The molecule has 0 unspecified atom stereocenters. The summed E-state index contributed by atoms with van der Waals surface area (Å²) in [4.78, 5) is 0. The van der Waals surface area contributed by atoms with Gasteiger partial charge in [0, 0.05) is 5.75 Å². The van der Waals surface area contributed by atoms with Gasteiger partial charge in [-0.2, -0.15) is 11.8 Å². The Morgan fingerprint density at radius 2 is 2.00 bits per heavy atom. The number of allylic oxidation sites excluding steroid dienone is 1. The highest BCUT2D eigenvalue weighted by Gasteiger charge is 2.05. The van der Waals surface area contributed by atoms with Gasteiger partial charge in [0.15, 0.2) is 0 Å². The van der Waals surface area contributed by atoms with E-state index in [0.717, 1.165) is 11.5 Å². The van der Waals surface area contributed by atoms with E-state index in [4.69, 9.17) is 4.74 Å². The van der Waals surface area contributed by atoms with Crippen LogP contribution in [0.5, 0.6) is 5.75 Å². The van der Waals surface area contributed by atoms with Crippen LogP contribution in [-0.2, 0) is 0 Å². The van der Waals surface area contributed by atoms with E-state index < -0.39 is 0 Å². The second-order valence-electron chi connectivity index (χ2n) is 3.28. The fraction of sp³-hybridized carbons (Fsp3) is 0.333. The van der Waals surface area contributed by atoms with Gasteiger partial charge in [0.2, 0.25) is 0 Å². The Bertz CT molecular complexity index is 327. The zero-order valence-electron chi connectivity index (χ0n) is 8.32. The molecule has 1 aliphatic heterocycles. The van der Waals surface area contributed by atoms with Crippen molar-refractivity contribution in [3.63, 3.8) is 0 Å². The third-order valence-electron chi connectivity index (χ3n) is 2.42. The molecule has 2 rings (SSSR count). The van der Waals surface area contributed by atoms with Crippen molar-refractivity contribution < 1.29 is 4.74 Å². The molecule has 0 saturated heterocycles. The summed E-state index contributed by atoms with van der Waals surface area (Å²) >= 11 is 2.00. The van der Waals surface area contributed by atoms with Crippen LogP contribution in [0.15, 0.2) is 30.3 Å². The number of thioether (sulfide) groups is 1. The fourth-order valence-corrected chi connectivity index (χ4v) is 2.44. The van der Waals surface area contributed by atoms with Crippen molar-refractivity contribution in [1.29, 1.82) is 0 Å². The number of methoxy groups -OCH3 is 1. The van der Waals surface area contributed by atoms with Gasteiger partial charge in [-0.15, -0.1) is 0 Å². The molecule has 74 valence electrons. The predicted molar refractivity (Wildman–Crippen MR) is 62.9 cm³/mol. The van der Waals surface area contributed by atoms with Crippen LogP contribution in [0.25, 0.3) is 5.57 Å². The molecule has 0 amide bonds. The summed E-state index contributed by atoms with van der Waals surface area (Å²) in [5.74, 6) is 3.33. The van der Waals surface area contributed by atoms with Gasteiger partial charge < -0.3 is 4.74 Å². The van der Waals surface area contributed by atoms with Crippen LogP contribution in [0.2, 0.25) is 0 Å². The SMILES string of the molecule is COc1ccc(C2=CCSCC2)cc1.